The summed E-state index contributed by atoms with van der Waals surface area (Å²) in [5.74, 6) is 0. The highest BCUT2D eigenvalue weighted by Crippen LogP contribution is 1.98. The number of nitrogens with one attached hydrogen (secondary N) is 1. The third-order valence-corrected chi connectivity index (χ3v) is 2.04. The number of aliphatic hydroxyl groups excluding tert-OH is 1. The standard InChI is InChI=1S/C10H23NO4/c1-9(10(13-2)14-3)11-5-4-7-15-8-6-12/h9-12H,4-8H2,1-3H3. The van der Waals surface area contributed by atoms with Crippen molar-refractivity contribution in [3.05, 3.63) is 0 Å². The summed E-state index contributed by atoms with van der Waals surface area (Å²) < 4.78 is 15.3. The lowest BCUT2D eigenvalue weighted by Gasteiger charge is -2.22. The molecule has 0 bridgehead atoms. The van der Waals surface area contributed by atoms with E-state index in [0.717, 1.165) is 13.0 Å². The van der Waals surface area contributed by atoms with Crippen molar-refractivity contribution in [3.8, 4) is 0 Å². The number of methoxy groups -OCH3 is 2. The Morgan fingerprint density at radius 3 is 2.40 bits per heavy atom. The Bertz CT molecular complexity index is 131. The van der Waals surface area contributed by atoms with E-state index in [9.17, 15) is 0 Å². The first-order valence-corrected chi connectivity index (χ1v) is 5.23. The van der Waals surface area contributed by atoms with Crippen molar-refractivity contribution in [1.82, 2.24) is 5.32 Å². The van der Waals surface area contributed by atoms with Gasteiger partial charge in [0.15, 0.2) is 6.29 Å². The topological polar surface area (TPSA) is 60.0 Å². The number of rotatable bonds is 10. The summed E-state index contributed by atoms with van der Waals surface area (Å²) in [4.78, 5) is 0. The third-order valence-electron chi connectivity index (χ3n) is 2.04. The Morgan fingerprint density at radius 2 is 1.87 bits per heavy atom. The van der Waals surface area contributed by atoms with E-state index in [4.69, 9.17) is 19.3 Å². The summed E-state index contributed by atoms with van der Waals surface area (Å²) >= 11 is 0. The maximum atomic E-state index is 8.47. The van der Waals surface area contributed by atoms with Crippen LogP contribution < -0.4 is 5.32 Å². The third kappa shape index (κ3) is 7.70. The molecular formula is C10H23NO4. The second-order valence-corrected chi connectivity index (χ2v) is 3.27. The van der Waals surface area contributed by atoms with Gasteiger partial charge in [-0.15, -0.1) is 0 Å². The van der Waals surface area contributed by atoms with Crippen molar-refractivity contribution in [3.63, 3.8) is 0 Å². The van der Waals surface area contributed by atoms with Gasteiger partial charge in [-0.1, -0.05) is 0 Å². The van der Waals surface area contributed by atoms with Gasteiger partial charge >= 0.3 is 0 Å². The molecule has 0 amide bonds. The van der Waals surface area contributed by atoms with E-state index in [0.29, 0.717) is 13.2 Å². The van der Waals surface area contributed by atoms with Crippen LogP contribution in [0.5, 0.6) is 0 Å². The van der Waals surface area contributed by atoms with Gasteiger partial charge in [0.25, 0.3) is 0 Å². The molecule has 0 aliphatic rings. The molecule has 0 heterocycles. The fraction of sp³-hybridized carbons (Fsp3) is 1.00. The first kappa shape index (κ1) is 14.8. The van der Waals surface area contributed by atoms with Gasteiger partial charge in [0.2, 0.25) is 0 Å². The summed E-state index contributed by atoms with van der Waals surface area (Å²) in [6.07, 6.45) is 0.688. The fourth-order valence-electron chi connectivity index (χ4n) is 1.27. The van der Waals surface area contributed by atoms with Crippen LogP contribution in [-0.2, 0) is 14.2 Å². The van der Waals surface area contributed by atoms with Crippen molar-refractivity contribution in [2.45, 2.75) is 25.7 Å². The number of ether oxygens (including phenoxy) is 3. The highest BCUT2D eigenvalue weighted by atomic mass is 16.7. The van der Waals surface area contributed by atoms with E-state index < -0.39 is 0 Å². The van der Waals surface area contributed by atoms with Gasteiger partial charge in [-0.3, -0.25) is 0 Å². The van der Waals surface area contributed by atoms with Gasteiger partial charge < -0.3 is 24.6 Å². The minimum absolute atomic E-state index is 0.0826. The Balaban J connectivity index is 3.33. The maximum Gasteiger partial charge on any atom is 0.171 e. The Labute approximate surface area is 91.7 Å². The van der Waals surface area contributed by atoms with Crippen LogP contribution >= 0.6 is 0 Å². The van der Waals surface area contributed by atoms with Crippen molar-refractivity contribution in [2.24, 2.45) is 0 Å². The highest BCUT2D eigenvalue weighted by molar-refractivity contribution is 4.64. The molecule has 2 N–H and O–H groups in total. The van der Waals surface area contributed by atoms with Crippen molar-refractivity contribution < 1.29 is 19.3 Å². The van der Waals surface area contributed by atoms with Crippen molar-refractivity contribution in [2.75, 3.05) is 40.6 Å². The quantitative estimate of drug-likeness (QED) is 0.401. The Morgan fingerprint density at radius 1 is 1.20 bits per heavy atom. The van der Waals surface area contributed by atoms with E-state index in [2.05, 4.69) is 5.32 Å². The lowest BCUT2D eigenvalue weighted by Crippen LogP contribution is -2.40. The molecular weight excluding hydrogens is 198 g/mol. The average molecular weight is 221 g/mol. The molecule has 0 aromatic carbocycles. The second kappa shape index (κ2) is 10.3. The van der Waals surface area contributed by atoms with E-state index in [1.807, 2.05) is 6.92 Å². The predicted molar refractivity (Wildman–Crippen MR) is 57.8 cm³/mol. The van der Waals surface area contributed by atoms with E-state index in [1.165, 1.54) is 0 Å². The molecule has 0 aliphatic carbocycles. The molecule has 5 nitrogen and oxygen atoms in total. The Kier molecular flexibility index (Phi) is 10.2. The van der Waals surface area contributed by atoms with Crippen molar-refractivity contribution in [1.29, 1.82) is 0 Å². The Hall–Kier alpha value is -0.200. The van der Waals surface area contributed by atoms with Crippen LogP contribution in [0.3, 0.4) is 0 Å². The van der Waals surface area contributed by atoms with Gasteiger partial charge in [-0.05, 0) is 19.9 Å². The van der Waals surface area contributed by atoms with Gasteiger partial charge in [-0.2, -0.15) is 0 Å². The molecule has 0 rings (SSSR count). The van der Waals surface area contributed by atoms with E-state index in [1.54, 1.807) is 14.2 Å². The molecule has 0 saturated carbocycles. The first-order valence-electron chi connectivity index (χ1n) is 5.23. The van der Waals surface area contributed by atoms with Crippen LogP contribution in [0.15, 0.2) is 0 Å². The van der Waals surface area contributed by atoms with Gasteiger partial charge in [0, 0.05) is 20.8 Å². The van der Waals surface area contributed by atoms with Gasteiger partial charge in [-0.25, -0.2) is 0 Å². The lowest BCUT2D eigenvalue weighted by molar-refractivity contribution is -0.119. The summed E-state index contributed by atoms with van der Waals surface area (Å²) in [6.45, 7) is 4.00. The molecule has 1 unspecified atom stereocenters. The minimum Gasteiger partial charge on any atom is -0.394 e. The summed E-state index contributed by atoms with van der Waals surface area (Å²) in [5.41, 5.74) is 0. The molecule has 5 heteroatoms. The average Bonchev–Trinajstić information content (AvgIpc) is 2.25. The number of aliphatic hydroxyl groups is 1. The number of hydrogen-bond donors (Lipinski definition) is 2. The molecule has 0 fully saturated rings. The van der Waals surface area contributed by atoms with E-state index in [-0.39, 0.29) is 18.9 Å². The fourth-order valence-corrected chi connectivity index (χ4v) is 1.27. The second-order valence-electron chi connectivity index (χ2n) is 3.27. The molecule has 0 saturated heterocycles. The predicted octanol–water partition coefficient (Wildman–Crippen LogP) is -0.0176. The molecule has 0 aromatic heterocycles. The summed E-state index contributed by atoms with van der Waals surface area (Å²) in [6, 6.07) is 0.151. The minimum atomic E-state index is -0.219. The smallest absolute Gasteiger partial charge is 0.171 e. The van der Waals surface area contributed by atoms with Crippen LogP contribution in [0.4, 0.5) is 0 Å². The van der Waals surface area contributed by atoms with Crippen LogP contribution in [0.1, 0.15) is 13.3 Å². The monoisotopic (exact) mass is 221 g/mol. The molecule has 15 heavy (non-hydrogen) atoms. The zero-order chi connectivity index (χ0) is 11.5. The summed E-state index contributed by atoms with van der Waals surface area (Å²) in [7, 11) is 3.24. The largest absolute Gasteiger partial charge is 0.394 e. The molecule has 1 atom stereocenters. The van der Waals surface area contributed by atoms with E-state index >= 15 is 0 Å². The maximum absolute atomic E-state index is 8.47. The molecule has 0 spiro atoms. The lowest BCUT2D eigenvalue weighted by atomic mass is 10.3. The van der Waals surface area contributed by atoms with Gasteiger partial charge in [0.05, 0.1) is 19.3 Å². The van der Waals surface area contributed by atoms with Crippen LogP contribution in [0.2, 0.25) is 0 Å². The van der Waals surface area contributed by atoms with Gasteiger partial charge in [0.1, 0.15) is 0 Å². The van der Waals surface area contributed by atoms with Crippen LogP contribution in [0, 0.1) is 0 Å². The zero-order valence-electron chi connectivity index (χ0n) is 9.86. The molecule has 92 valence electrons. The van der Waals surface area contributed by atoms with Crippen molar-refractivity contribution >= 4 is 0 Å². The molecule has 0 aliphatic heterocycles. The first-order chi connectivity index (χ1) is 7.26. The highest BCUT2D eigenvalue weighted by Gasteiger charge is 2.13. The summed E-state index contributed by atoms with van der Waals surface area (Å²) in [5, 5.41) is 11.7. The van der Waals surface area contributed by atoms with Crippen LogP contribution in [-0.4, -0.2) is 58.0 Å². The zero-order valence-corrected chi connectivity index (χ0v) is 9.86. The van der Waals surface area contributed by atoms with Crippen LogP contribution in [0.25, 0.3) is 0 Å². The molecule has 0 radical (unpaired) electrons. The molecule has 0 aromatic rings. The SMILES string of the molecule is COC(OC)C(C)NCCCOCCO. The normalized spacial score (nSPS) is 13.4. The number of hydrogen-bond acceptors (Lipinski definition) is 5.